The molecule has 0 saturated heterocycles. The second-order valence-corrected chi connectivity index (χ2v) is 3.76. The van der Waals surface area contributed by atoms with Crippen LogP contribution in [-0.4, -0.2) is 14.9 Å². The van der Waals surface area contributed by atoms with E-state index in [1.165, 1.54) is 0 Å². The first kappa shape index (κ1) is 10.5. The first-order valence-electron chi connectivity index (χ1n) is 5.02. The van der Waals surface area contributed by atoms with Gasteiger partial charge in [0.05, 0.1) is 11.4 Å². The molecule has 0 amide bonds. The number of nitrogens with two attached hydrogens (primary N) is 1. The van der Waals surface area contributed by atoms with Gasteiger partial charge in [-0.05, 0) is 13.8 Å². The summed E-state index contributed by atoms with van der Waals surface area (Å²) in [5, 5.41) is 11.2. The molecule has 86 valence electrons. The van der Waals surface area contributed by atoms with Crippen LogP contribution in [0.15, 0.2) is 10.7 Å². The second-order valence-electron chi connectivity index (χ2n) is 3.76. The number of rotatable bonds is 3. The molecule has 0 aliphatic carbocycles. The first-order valence-corrected chi connectivity index (χ1v) is 5.02. The SMILES string of the molecule is Cc1noc(C)c1CNc1nn(C)cc1N. The Balaban J connectivity index is 2.11. The van der Waals surface area contributed by atoms with Crippen molar-refractivity contribution in [2.75, 3.05) is 11.1 Å². The Morgan fingerprint density at radius 1 is 1.50 bits per heavy atom. The Hall–Kier alpha value is -1.98. The lowest BCUT2D eigenvalue weighted by Crippen LogP contribution is -2.04. The van der Waals surface area contributed by atoms with Gasteiger partial charge in [-0.25, -0.2) is 0 Å². The number of anilines is 2. The normalized spacial score (nSPS) is 10.7. The molecule has 16 heavy (non-hydrogen) atoms. The molecule has 6 nitrogen and oxygen atoms in total. The molecule has 0 unspecified atom stereocenters. The van der Waals surface area contributed by atoms with Crippen molar-refractivity contribution in [1.82, 2.24) is 14.9 Å². The van der Waals surface area contributed by atoms with Gasteiger partial charge in [0, 0.05) is 25.4 Å². The fourth-order valence-corrected chi connectivity index (χ4v) is 1.57. The van der Waals surface area contributed by atoms with Crippen LogP contribution >= 0.6 is 0 Å². The maximum atomic E-state index is 5.77. The van der Waals surface area contributed by atoms with Crippen LogP contribution < -0.4 is 11.1 Å². The predicted molar refractivity (Wildman–Crippen MR) is 60.9 cm³/mol. The Labute approximate surface area is 93.4 Å². The summed E-state index contributed by atoms with van der Waals surface area (Å²) in [6, 6.07) is 0. The highest BCUT2D eigenvalue weighted by Gasteiger charge is 2.10. The van der Waals surface area contributed by atoms with Crippen LogP contribution in [0.1, 0.15) is 17.0 Å². The highest BCUT2D eigenvalue weighted by Crippen LogP contribution is 2.18. The van der Waals surface area contributed by atoms with Gasteiger partial charge in [0.2, 0.25) is 0 Å². The van der Waals surface area contributed by atoms with Crippen molar-refractivity contribution < 1.29 is 4.52 Å². The summed E-state index contributed by atoms with van der Waals surface area (Å²) in [7, 11) is 1.83. The van der Waals surface area contributed by atoms with E-state index in [-0.39, 0.29) is 0 Å². The molecule has 0 aliphatic rings. The van der Waals surface area contributed by atoms with E-state index >= 15 is 0 Å². The number of nitrogens with zero attached hydrogens (tertiary/aromatic N) is 3. The van der Waals surface area contributed by atoms with Crippen LogP contribution in [0.25, 0.3) is 0 Å². The maximum Gasteiger partial charge on any atom is 0.171 e. The van der Waals surface area contributed by atoms with Crippen LogP contribution in [0.4, 0.5) is 11.5 Å². The molecule has 2 aromatic heterocycles. The third kappa shape index (κ3) is 1.86. The van der Waals surface area contributed by atoms with Gasteiger partial charge in [-0.2, -0.15) is 5.10 Å². The van der Waals surface area contributed by atoms with E-state index in [1.807, 2.05) is 20.9 Å². The Morgan fingerprint density at radius 3 is 2.75 bits per heavy atom. The highest BCUT2D eigenvalue weighted by molar-refractivity contribution is 5.60. The average Bonchev–Trinajstić information content (AvgIpc) is 2.69. The van der Waals surface area contributed by atoms with Gasteiger partial charge in [0.1, 0.15) is 5.76 Å². The molecule has 6 heteroatoms. The number of hydrogen-bond acceptors (Lipinski definition) is 5. The van der Waals surface area contributed by atoms with Crippen molar-refractivity contribution in [2.24, 2.45) is 7.05 Å². The van der Waals surface area contributed by atoms with E-state index in [2.05, 4.69) is 15.6 Å². The van der Waals surface area contributed by atoms with Gasteiger partial charge in [-0.15, -0.1) is 0 Å². The topological polar surface area (TPSA) is 81.9 Å². The lowest BCUT2D eigenvalue weighted by molar-refractivity contribution is 0.392. The lowest BCUT2D eigenvalue weighted by Gasteiger charge is -2.02. The molecule has 0 spiro atoms. The molecule has 2 rings (SSSR count). The zero-order valence-electron chi connectivity index (χ0n) is 9.61. The Morgan fingerprint density at radius 2 is 2.25 bits per heavy atom. The van der Waals surface area contributed by atoms with Gasteiger partial charge in [0.25, 0.3) is 0 Å². The predicted octanol–water partition coefficient (Wildman–Crippen LogP) is 1.22. The molecule has 0 aromatic carbocycles. The Bertz CT molecular complexity index is 480. The van der Waals surface area contributed by atoms with Crippen molar-refractivity contribution in [3.05, 3.63) is 23.2 Å². The number of aryl methyl sites for hydroxylation is 3. The van der Waals surface area contributed by atoms with E-state index in [1.54, 1.807) is 10.9 Å². The molecule has 0 fully saturated rings. The molecule has 0 atom stereocenters. The summed E-state index contributed by atoms with van der Waals surface area (Å²) in [5.74, 6) is 1.50. The van der Waals surface area contributed by atoms with Crippen molar-refractivity contribution >= 4 is 11.5 Å². The maximum absolute atomic E-state index is 5.77. The van der Waals surface area contributed by atoms with Crippen LogP contribution in [0.5, 0.6) is 0 Å². The smallest absolute Gasteiger partial charge is 0.171 e. The third-order valence-electron chi connectivity index (χ3n) is 2.47. The van der Waals surface area contributed by atoms with E-state index in [4.69, 9.17) is 10.3 Å². The van der Waals surface area contributed by atoms with E-state index in [0.717, 1.165) is 17.0 Å². The number of nitrogen functional groups attached to an aromatic ring is 1. The molecule has 0 aliphatic heterocycles. The summed E-state index contributed by atoms with van der Waals surface area (Å²) < 4.78 is 6.74. The lowest BCUT2D eigenvalue weighted by atomic mass is 10.2. The molecular formula is C10H15N5O. The summed E-state index contributed by atoms with van der Waals surface area (Å²) in [5.41, 5.74) is 8.34. The summed E-state index contributed by atoms with van der Waals surface area (Å²) >= 11 is 0. The van der Waals surface area contributed by atoms with E-state index in [9.17, 15) is 0 Å². The van der Waals surface area contributed by atoms with Gasteiger partial charge in [-0.3, -0.25) is 4.68 Å². The third-order valence-corrected chi connectivity index (χ3v) is 2.47. The van der Waals surface area contributed by atoms with Crippen molar-refractivity contribution in [3.63, 3.8) is 0 Å². The fraction of sp³-hybridized carbons (Fsp3) is 0.400. The van der Waals surface area contributed by atoms with Crippen molar-refractivity contribution in [2.45, 2.75) is 20.4 Å². The van der Waals surface area contributed by atoms with Crippen molar-refractivity contribution in [3.8, 4) is 0 Å². The quantitative estimate of drug-likeness (QED) is 0.814. The molecule has 2 aromatic rings. The highest BCUT2D eigenvalue weighted by atomic mass is 16.5. The van der Waals surface area contributed by atoms with Crippen LogP contribution in [0.3, 0.4) is 0 Å². The van der Waals surface area contributed by atoms with Gasteiger partial charge in [0.15, 0.2) is 5.82 Å². The van der Waals surface area contributed by atoms with Crippen LogP contribution in [-0.2, 0) is 13.6 Å². The summed E-state index contributed by atoms with van der Waals surface area (Å²) in [4.78, 5) is 0. The standard InChI is InChI=1S/C10H15N5O/c1-6-8(7(2)16-14-6)4-12-10-9(11)5-15(3)13-10/h5H,4,11H2,1-3H3,(H,12,13). The van der Waals surface area contributed by atoms with Crippen LogP contribution in [0, 0.1) is 13.8 Å². The average molecular weight is 221 g/mol. The first-order chi connectivity index (χ1) is 7.58. The van der Waals surface area contributed by atoms with Crippen molar-refractivity contribution in [1.29, 1.82) is 0 Å². The zero-order chi connectivity index (χ0) is 11.7. The number of hydrogen-bond donors (Lipinski definition) is 2. The Kier molecular flexibility index (Phi) is 2.55. The van der Waals surface area contributed by atoms with E-state index in [0.29, 0.717) is 18.1 Å². The largest absolute Gasteiger partial charge is 0.394 e. The monoisotopic (exact) mass is 221 g/mol. The van der Waals surface area contributed by atoms with Gasteiger partial charge >= 0.3 is 0 Å². The molecular weight excluding hydrogens is 206 g/mol. The summed E-state index contributed by atoms with van der Waals surface area (Å²) in [6.07, 6.45) is 1.76. The molecule has 0 saturated carbocycles. The minimum atomic E-state index is 0.613. The van der Waals surface area contributed by atoms with Gasteiger partial charge < -0.3 is 15.6 Å². The second kappa shape index (κ2) is 3.88. The molecule has 3 N–H and O–H groups in total. The van der Waals surface area contributed by atoms with Crippen LogP contribution in [0.2, 0.25) is 0 Å². The zero-order valence-corrected chi connectivity index (χ0v) is 9.61. The number of nitrogens with one attached hydrogen (secondary N) is 1. The number of aromatic nitrogens is 3. The fourth-order valence-electron chi connectivity index (χ4n) is 1.57. The minimum absolute atomic E-state index is 0.613. The van der Waals surface area contributed by atoms with Gasteiger partial charge in [-0.1, -0.05) is 5.16 Å². The van der Waals surface area contributed by atoms with E-state index < -0.39 is 0 Å². The molecule has 0 bridgehead atoms. The minimum Gasteiger partial charge on any atom is -0.394 e. The summed E-state index contributed by atoms with van der Waals surface area (Å²) in [6.45, 7) is 4.41. The molecule has 0 radical (unpaired) electrons. The molecule has 2 heterocycles.